The van der Waals surface area contributed by atoms with E-state index < -0.39 is 10.0 Å². The molecule has 1 amide bonds. The maximum Gasteiger partial charge on any atom is 0.410 e. The van der Waals surface area contributed by atoms with Crippen molar-refractivity contribution in [1.29, 1.82) is 0 Å². The Morgan fingerprint density at radius 2 is 1.76 bits per heavy atom. The lowest BCUT2D eigenvalue weighted by molar-refractivity contribution is -0.128. The van der Waals surface area contributed by atoms with Gasteiger partial charge in [0.2, 0.25) is 10.0 Å². The van der Waals surface area contributed by atoms with Crippen molar-refractivity contribution in [3.63, 3.8) is 0 Å². The molecule has 2 saturated heterocycles. The van der Waals surface area contributed by atoms with Crippen LogP contribution in [0.5, 0.6) is 0 Å². The van der Waals surface area contributed by atoms with Crippen LogP contribution in [0.25, 0.3) is 0 Å². The second kappa shape index (κ2) is 8.51. The van der Waals surface area contributed by atoms with Crippen LogP contribution in [-0.2, 0) is 24.3 Å². The lowest BCUT2D eigenvalue weighted by atomic mass is 9.90. The number of amides is 1. The molecule has 5 aliphatic rings. The Labute approximate surface area is 172 Å². The Morgan fingerprint density at radius 1 is 1.03 bits per heavy atom. The van der Waals surface area contributed by atoms with Crippen molar-refractivity contribution in [3.05, 3.63) is 0 Å². The maximum absolute atomic E-state index is 12.8. The monoisotopic (exact) mass is 428 g/mol. The van der Waals surface area contributed by atoms with Crippen LogP contribution in [0.4, 0.5) is 4.79 Å². The van der Waals surface area contributed by atoms with Crippen molar-refractivity contribution in [2.45, 2.75) is 69.6 Å². The molecule has 5 fully saturated rings. The summed E-state index contributed by atoms with van der Waals surface area (Å²) in [6.45, 7) is 0.831. The van der Waals surface area contributed by atoms with E-state index in [1.165, 1.54) is 0 Å². The second-order valence-corrected chi connectivity index (χ2v) is 11.0. The predicted octanol–water partition coefficient (Wildman–Crippen LogP) is 1.69. The second-order valence-electron chi connectivity index (χ2n) is 9.22. The first-order valence-corrected chi connectivity index (χ1v) is 12.7. The molecule has 2 aliphatic heterocycles. The minimum atomic E-state index is -3.37. The standard InChI is InChI=1S/C20H32N2O6S/c1-29(25,26)21-18-9-8-16-17(18)11-27-15-6-4-14(5-7-15)22(10-13-2-3-13)20(24)28-12-19(16)23/h13-18,21H,2-12H2,1H3/t14?,15?,16?,17?,18-/m0/s1. The molecule has 8 nitrogen and oxygen atoms in total. The van der Waals surface area contributed by atoms with E-state index in [0.29, 0.717) is 25.4 Å². The largest absolute Gasteiger partial charge is 0.441 e. The molecule has 0 spiro atoms. The average Bonchev–Trinajstić information content (AvgIpc) is 3.41. The van der Waals surface area contributed by atoms with E-state index in [4.69, 9.17) is 9.47 Å². The highest BCUT2D eigenvalue weighted by atomic mass is 32.2. The fourth-order valence-electron chi connectivity index (χ4n) is 5.17. The topological polar surface area (TPSA) is 102 Å². The third-order valence-corrected chi connectivity index (χ3v) is 7.67. The predicted molar refractivity (Wildman–Crippen MR) is 106 cm³/mol. The van der Waals surface area contributed by atoms with E-state index in [1.807, 2.05) is 4.90 Å². The van der Waals surface area contributed by atoms with Gasteiger partial charge >= 0.3 is 6.09 Å². The summed E-state index contributed by atoms with van der Waals surface area (Å²) < 4.78 is 37.8. The molecule has 164 valence electrons. The lowest BCUT2D eigenvalue weighted by Gasteiger charge is -2.36. The van der Waals surface area contributed by atoms with Gasteiger partial charge in [0.15, 0.2) is 12.4 Å². The van der Waals surface area contributed by atoms with E-state index in [-0.39, 0.29) is 48.5 Å². The number of carbonyl (C=O) groups excluding carboxylic acids is 2. The highest BCUT2D eigenvalue weighted by Gasteiger charge is 2.43. The van der Waals surface area contributed by atoms with Gasteiger partial charge in [-0.05, 0) is 57.3 Å². The first kappa shape index (κ1) is 21.1. The first-order chi connectivity index (χ1) is 13.8. The molecule has 0 radical (unpaired) electrons. The molecule has 2 heterocycles. The fraction of sp³-hybridized carbons (Fsp3) is 0.900. The highest BCUT2D eigenvalue weighted by molar-refractivity contribution is 7.88. The lowest BCUT2D eigenvalue weighted by Crippen LogP contribution is -2.45. The molecule has 9 heteroatoms. The number of hydrogen-bond donors (Lipinski definition) is 1. The number of ether oxygens (including phenoxy) is 2. The Hall–Kier alpha value is -1.19. The summed E-state index contributed by atoms with van der Waals surface area (Å²) in [6, 6.07) is -0.166. The van der Waals surface area contributed by atoms with Crippen LogP contribution in [0.15, 0.2) is 0 Å². The molecule has 5 rings (SSSR count). The number of carbonyl (C=O) groups is 2. The number of fused-ring (bicyclic) bond motifs is 7. The SMILES string of the molecule is CS(=O)(=O)N[C@H]1CCC2C(=O)COC(=O)N(CC3CC3)C3CCC(CC3)OCC21. The van der Waals surface area contributed by atoms with Gasteiger partial charge in [0.05, 0.1) is 19.0 Å². The summed E-state index contributed by atoms with van der Waals surface area (Å²) in [5, 5.41) is 0. The Morgan fingerprint density at radius 3 is 2.41 bits per heavy atom. The van der Waals surface area contributed by atoms with Crippen LogP contribution < -0.4 is 4.72 Å². The quantitative estimate of drug-likeness (QED) is 0.731. The number of Topliss-reactive ketones (excluding diaryl/α,β-unsaturated/α-hetero) is 1. The number of nitrogens with one attached hydrogen (secondary N) is 1. The molecular formula is C20H32N2O6S. The van der Waals surface area contributed by atoms with Crippen LogP contribution in [0.1, 0.15) is 51.4 Å². The number of sulfonamides is 1. The Balaban J connectivity index is 1.51. The van der Waals surface area contributed by atoms with E-state index in [2.05, 4.69) is 4.72 Å². The van der Waals surface area contributed by atoms with Crippen LogP contribution in [0.3, 0.4) is 0 Å². The molecular weight excluding hydrogens is 396 g/mol. The molecule has 3 saturated carbocycles. The van der Waals surface area contributed by atoms with Gasteiger partial charge in [0, 0.05) is 30.5 Å². The molecule has 3 aliphatic carbocycles. The normalized spacial score (nSPS) is 36.7. The van der Waals surface area contributed by atoms with Gasteiger partial charge in [-0.15, -0.1) is 0 Å². The Bertz CT molecular complexity index is 729. The van der Waals surface area contributed by atoms with E-state index in [9.17, 15) is 18.0 Å². The smallest absolute Gasteiger partial charge is 0.410 e. The summed E-state index contributed by atoms with van der Waals surface area (Å²) in [5.41, 5.74) is 0. The third kappa shape index (κ3) is 5.30. The summed E-state index contributed by atoms with van der Waals surface area (Å²) in [5.74, 6) is -0.151. The van der Waals surface area contributed by atoms with Crippen LogP contribution in [-0.4, -0.2) is 69.4 Å². The molecule has 0 aromatic heterocycles. The number of nitrogens with zero attached hydrogens (tertiary/aromatic N) is 1. The molecule has 2 unspecified atom stereocenters. The van der Waals surface area contributed by atoms with Gasteiger partial charge in [0.25, 0.3) is 0 Å². The zero-order valence-electron chi connectivity index (χ0n) is 17.0. The average molecular weight is 429 g/mol. The first-order valence-electron chi connectivity index (χ1n) is 10.8. The van der Waals surface area contributed by atoms with Crippen LogP contribution in [0.2, 0.25) is 0 Å². The summed E-state index contributed by atoms with van der Waals surface area (Å²) in [6.07, 6.45) is 7.82. The minimum absolute atomic E-state index is 0.0982. The van der Waals surface area contributed by atoms with Gasteiger partial charge in [-0.1, -0.05) is 0 Å². The fourth-order valence-corrected chi connectivity index (χ4v) is 6.01. The molecule has 1 N–H and O–H groups in total. The molecule has 0 aromatic carbocycles. The summed E-state index contributed by atoms with van der Waals surface area (Å²) in [7, 11) is -3.37. The highest BCUT2D eigenvalue weighted by Crippen LogP contribution is 2.37. The van der Waals surface area contributed by atoms with Crippen molar-refractivity contribution in [2.75, 3.05) is 26.0 Å². The van der Waals surface area contributed by atoms with Gasteiger partial charge in [-0.2, -0.15) is 0 Å². The van der Waals surface area contributed by atoms with Gasteiger partial charge < -0.3 is 14.4 Å². The van der Waals surface area contributed by atoms with Crippen molar-refractivity contribution >= 4 is 21.9 Å². The van der Waals surface area contributed by atoms with Crippen molar-refractivity contribution in [1.82, 2.24) is 9.62 Å². The van der Waals surface area contributed by atoms with Gasteiger partial charge in [-0.25, -0.2) is 17.9 Å². The molecule has 29 heavy (non-hydrogen) atoms. The zero-order valence-corrected chi connectivity index (χ0v) is 17.9. The van der Waals surface area contributed by atoms with Crippen molar-refractivity contribution in [3.8, 4) is 0 Å². The molecule has 2 bridgehead atoms. The van der Waals surface area contributed by atoms with E-state index in [0.717, 1.165) is 51.3 Å². The minimum Gasteiger partial charge on any atom is -0.441 e. The van der Waals surface area contributed by atoms with Crippen molar-refractivity contribution < 1.29 is 27.5 Å². The molecule has 0 aromatic rings. The summed E-state index contributed by atoms with van der Waals surface area (Å²) >= 11 is 0. The summed E-state index contributed by atoms with van der Waals surface area (Å²) in [4.78, 5) is 27.5. The van der Waals surface area contributed by atoms with Gasteiger partial charge in [-0.3, -0.25) is 4.79 Å². The van der Waals surface area contributed by atoms with E-state index in [1.54, 1.807) is 0 Å². The van der Waals surface area contributed by atoms with Gasteiger partial charge in [0.1, 0.15) is 0 Å². The maximum atomic E-state index is 12.8. The number of hydrogen-bond acceptors (Lipinski definition) is 6. The van der Waals surface area contributed by atoms with E-state index >= 15 is 0 Å². The number of rotatable bonds is 4. The van der Waals surface area contributed by atoms with Crippen molar-refractivity contribution in [2.24, 2.45) is 17.8 Å². The number of ketones is 1. The van der Waals surface area contributed by atoms with Crippen LogP contribution >= 0.6 is 0 Å². The Kier molecular flexibility index (Phi) is 6.18. The molecule has 3 atom stereocenters. The third-order valence-electron chi connectivity index (χ3n) is 6.93. The zero-order chi connectivity index (χ0) is 20.6. The van der Waals surface area contributed by atoms with Crippen LogP contribution in [0, 0.1) is 17.8 Å².